The van der Waals surface area contributed by atoms with Crippen molar-refractivity contribution in [2.45, 2.75) is 18.4 Å². The number of hydrogen-bond donors (Lipinski definition) is 1. The molecule has 1 aromatic rings. The minimum Gasteiger partial charge on any atom is -0.479 e. The summed E-state index contributed by atoms with van der Waals surface area (Å²) >= 11 is 5.81. The number of hydrogen-bond acceptors (Lipinski definition) is 3. The standard InChI is InChI=1S/C14H14ClNO4/c1-2-9-20-13(19)16(14(7-8-14)12(17)18)11-5-3-10(15)4-6-11/h2-6H,1,7-9H2,(H,17,18). The molecule has 6 heteroatoms. The predicted octanol–water partition coefficient (Wildman–Crippen LogP) is 3.09. The van der Waals surface area contributed by atoms with E-state index >= 15 is 0 Å². The second kappa shape index (κ2) is 5.54. The van der Waals surface area contributed by atoms with Crippen LogP contribution in [-0.2, 0) is 9.53 Å². The Labute approximate surface area is 121 Å². The second-order valence-electron chi connectivity index (χ2n) is 4.51. The van der Waals surface area contributed by atoms with Crippen LogP contribution in [0.2, 0.25) is 5.02 Å². The van der Waals surface area contributed by atoms with Gasteiger partial charge in [0.15, 0.2) is 0 Å². The van der Waals surface area contributed by atoms with Gasteiger partial charge in [-0.15, -0.1) is 0 Å². The van der Waals surface area contributed by atoms with Crippen molar-refractivity contribution in [3.05, 3.63) is 41.9 Å². The van der Waals surface area contributed by atoms with Crippen LogP contribution in [0.15, 0.2) is 36.9 Å². The minimum atomic E-state index is -1.22. The number of carbonyl (C=O) groups is 2. The Morgan fingerprint density at radius 3 is 2.45 bits per heavy atom. The first-order chi connectivity index (χ1) is 9.51. The molecule has 1 saturated carbocycles. The van der Waals surface area contributed by atoms with E-state index in [2.05, 4.69) is 6.58 Å². The van der Waals surface area contributed by atoms with Crippen molar-refractivity contribution in [3.8, 4) is 0 Å². The molecule has 2 rings (SSSR count). The van der Waals surface area contributed by atoms with Gasteiger partial charge in [-0.2, -0.15) is 0 Å². The number of carboxylic acids is 1. The first-order valence-corrected chi connectivity index (χ1v) is 6.46. The number of nitrogens with zero attached hydrogens (tertiary/aromatic N) is 1. The van der Waals surface area contributed by atoms with Crippen LogP contribution < -0.4 is 4.90 Å². The van der Waals surface area contributed by atoms with Crippen LogP contribution in [-0.4, -0.2) is 29.3 Å². The normalized spacial score (nSPS) is 15.2. The van der Waals surface area contributed by atoms with Gasteiger partial charge in [0.2, 0.25) is 0 Å². The van der Waals surface area contributed by atoms with Gasteiger partial charge in [0.1, 0.15) is 12.1 Å². The predicted molar refractivity (Wildman–Crippen MR) is 75.1 cm³/mol. The summed E-state index contributed by atoms with van der Waals surface area (Å²) in [7, 11) is 0. The molecule has 0 unspecified atom stereocenters. The van der Waals surface area contributed by atoms with Gasteiger partial charge >= 0.3 is 12.1 Å². The fourth-order valence-corrected chi connectivity index (χ4v) is 2.09. The fourth-order valence-electron chi connectivity index (χ4n) is 1.96. The van der Waals surface area contributed by atoms with Gasteiger partial charge in [-0.3, -0.25) is 4.90 Å². The zero-order valence-corrected chi connectivity index (χ0v) is 11.5. The molecule has 0 heterocycles. The number of amides is 1. The van der Waals surface area contributed by atoms with Crippen LogP contribution in [0.25, 0.3) is 0 Å². The maximum Gasteiger partial charge on any atom is 0.415 e. The van der Waals surface area contributed by atoms with Crippen molar-refractivity contribution in [1.82, 2.24) is 0 Å². The van der Waals surface area contributed by atoms with E-state index in [-0.39, 0.29) is 6.61 Å². The lowest BCUT2D eigenvalue weighted by molar-refractivity contribution is -0.139. The highest BCUT2D eigenvalue weighted by molar-refractivity contribution is 6.30. The highest BCUT2D eigenvalue weighted by atomic mass is 35.5. The average Bonchev–Trinajstić information content (AvgIpc) is 3.20. The van der Waals surface area contributed by atoms with Crippen LogP contribution in [0.1, 0.15) is 12.8 Å². The molecule has 1 aromatic carbocycles. The summed E-state index contributed by atoms with van der Waals surface area (Å²) < 4.78 is 4.99. The summed E-state index contributed by atoms with van der Waals surface area (Å²) in [5.74, 6) is -1.04. The van der Waals surface area contributed by atoms with Crippen molar-refractivity contribution in [3.63, 3.8) is 0 Å². The summed E-state index contributed by atoms with van der Waals surface area (Å²) in [5.41, 5.74) is -0.769. The summed E-state index contributed by atoms with van der Waals surface area (Å²) in [4.78, 5) is 24.8. The molecule has 20 heavy (non-hydrogen) atoms. The largest absolute Gasteiger partial charge is 0.479 e. The molecule has 0 aliphatic heterocycles. The van der Waals surface area contributed by atoms with E-state index in [1.54, 1.807) is 24.3 Å². The topological polar surface area (TPSA) is 66.8 Å². The van der Waals surface area contributed by atoms with E-state index in [0.717, 1.165) is 0 Å². The van der Waals surface area contributed by atoms with Crippen LogP contribution in [0.3, 0.4) is 0 Å². The molecule has 1 fully saturated rings. The van der Waals surface area contributed by atoms with Crippen LogP contribution in [0.5, 0.6) is 0 Å². The Kier molecular flexibility index (Phi) is 3.99. The van der Waals surface area contributed by atoms with E-state index in [9.17, 15) is 14.7 Å². The number of ether oxygens (including phenoxy) is 1. The smallest absolute Gasteiger partial charge is 0.415 e. The van der Waals surface area contributed by atoms with Crippen molar-refractivity contribution in [2.24, 2.45) is 0 Å². The van der Waals surface area contributed by atoms with Crippen LogP contribution >= 0.6 is 11.6 Å². The number of anilines is 1. The Morgan fingerprint density at radius 1 is 1.40 bits per heavy atom. The lowest BCUT2D eigenvalue weighted by Gasteiger charge is -2.28. The molecule has 0 aromatic heterocycles. The van der Waals surface area contributed by atoms with Crippen LogP contribution in [0, 0.1) is 0 Å². The van der Waals surface area contributed by atoms with E-state index in [0.29, 0.717) is 23.6 Å². The van der Waals surface area contributed by atoms with E-state index < -0.39 is 17.6 Å². The van der Waals surface area contributed by atoms with Gasteiger partial charge in [0, 0.05) is 10.7 Å². The molecule has 106 valence electrons. The second-order valence-corrected chi connectivity index (χ2v) is 4.95. The average molecular weight is 296 g/mol. The highest BCUT2D eigenvalue weighted by Gasteiger charge is 2.58. The third kappa shape index (κ3) is 2.63. The zero-order valence-electron chi connectivity index (χ0n) is 10.7. The van der Waals surface area contributed by atoms with E-state index in [1.807, 2.05) is 0 Å². The lowest BCUT2D eigenvalue weighted by Crippen LogP contribution is -2.48. The number of halogens is 1. The van der Waals surface area contributed by atoms with Gasteiger partial charge < -0.3 is 9.84 Å². The maximum atomic E-state index is 12.1. The molecule has 1 N–H and O–H groups in total. The van der Waals surface area contributed by atoms with Crippen molar-refractivity contribution < 1.29 is 19.4 Å². The summed E-state index contributed by atoms with van der Waals surface area (Å²) in [6.07, 6.45) is 1.52. The first-order valence-electron chi connectivity index (χ1n) is 6.08. The molecular weight excluding hydrogens is 282 g/mol. The number of benzene rings is 1. The molecule has 0 atom stereocenters. The summed E-state index contributed by atoms with van der Waals surface area (Å²) in [5, 5.41) is 9.88. The monoisotopic (exact) mass is 295 g/mol. The maximum absolute atomic E-state index is 12.1. The lowest BCUT2D eigenvalue weighted by atomic mass is 10.2. The van der Waals surface area contributed by atoms with Gasteiger partial charge in [-0.25, -0.2) is 9.59 Å². The third-order valence-electron chi connectivity index (χ3n) is 3.14. The van der Waals surface area contributed by atoms with Gasteiger partial charge in [0.05, 0.1) is 0 Å². The minimum absolute atomic E-state index is 0.0264. The Hall–Kier alpha value is -2.01. The molecule has 1 aliphatic rings. The van der Waals surface area contributed by atoms with Crippen LogP contribution in [0.4, 0.5) is 10.5 Å². The summed E-state index contributed by atoms with van der Waals surface area (Å²) in [6.45, 7) is 3.49. The van der Waals surface area contributed by atoms with E-state index in [4.69, 9.17) is 16.3 Å². The third-order valence-corrected chi connectivity index (χ3v) is 3.39. The fraction of sp³-hybridized carbons (Fsp3) is 0.286. The van der Waals surface area contributed by atoms with Gasteiger partial charge in [-0.05, 0) is 37.1 Å². The number of aliphatic carboxylic acids is 1. The Balaban J connectivity index is 2.34. The van der Waals surface area contributed by atoms with Crippen molar-refractivity contribution in [2.75, 3.05) is 11.5 Å². The van der Waals surface area contributed by atoms with E-state index in [1.165, 1.54) is 11.0 Å². The molecule has 5 nitrogen and oxygen atoms in total. The summed E-state index contributed by atoms with van der Waals surface area (Å²) in [6, 6.07) is 6.40. The highest BCUT2D eigenvalue weighted by Crippen LogP contribution is 2.45. The Morgan fingerprint density at radius 2 is 2.00 bits per heavy atom. The number of rotatable bonds is 5. The molecule has 0 saturated heterocycles. The van der Waals surface area contributed by atoms with Gasteiger partial charge in [-0.1, -0.05) is 24.3 Å². The van der Waals surface area contributed by atoms with Crippen molar-refractivity contribution >= 4 is 29.4 Å². The molecular formula is C14H14ClNO4. The molecule has 0 bridgehead atoms. The molecule has 1 aliphatic carbocycles. The number of carbonyl (C=O) groups excluding carboxylic acids is 1. The zero-order chi connectivity index (χ0) is 14.8. The molecule has 0 radical (unpaired) electrons. The Bertz CT molecular complexity index is 537. The quantitative estimate of drug-likeness (QED) is 0.848. The number of carboxylic acid groups (broad SMARTS) is 1. The first kappa shape index (κ1) is 14.4. The SMILES string of the molecule is C=CCOC(=O)N(c1ccc(Cl)cc1)C1(C(=O)O)CC1. The van der Waals surface area contributed by atoms with Crippen molar-refractivity contribution in [1.29, 1.82) is 0 Å². The molecule has 1 amide bonds. The molecule has 0 spiro atoms. The van der Waals surface area contributed by atoms with Gasteiger partial charge in [0.25, 0.3) is 0 Å².